The molecule has 2 atom stereocenters. The van der Waals surface area contributed by atoms with E-state index in [0.29, 0.717) is 41.3 Å². The number of hydrogen-bond donors (Lipinski definition) is 1. The van der Waals surface area contributed by atoms with Gasteiger partial charge < -0.3 is 14.4 Å². The molecular formula is C22H22ClF3N2O2. The molecule has 1 N–H and O–H groups in total. The van der Waals surface area contributed by atoms with E-state index in [9.17, 15) is 18.3 Å². The Kier molecular flexibility index (Phi) is 5.02. The SMILES string of the molecule is CCC(C)(CC(O)(n1ccc2ncccc21)C(F)(F)F)c1cc(Cl)cc2c1OCC2. The first kappa shape index (κ1) is 21.0. The third-order valence-electron chi connectivity index (χ3n) is 6.13. The van der Waals surface area contributed by atoms with Crippen LogP contribution in [0.2, 0.25) is 5.02 Å². The molecule has 0 fully saturated rings. The maximum Gasteiger partial charge on any atom is 0.436 e. The molecule has 0 saturated carbocycles. The van der Waals surface area contributed by atoms with Gasteiger partial charge >= 0.3 is 6.18 Å². The first-order valence-electron chi connectivity index (χ1n) is 9.76. The van der Waals surface area contributed by atoms with Gasteiger partial charge in [-0.3, -0.25) is 4.98 Å². The number of halogens is 4. The highest BCUT2D eigenvalue weighted by Crippen LogP contribution is 2.50. The van der Waals surface area contributed by atoms with E-state index in [1.807, 2.05) is 0 Å². The number of hydrogen-bond acceptors (Lipinski definition) is 3. The van der Waals surface area contributed by atoms with Gasteiger partial charge in [0.15, 0.2) is 0 Å². The van der Waals surface area contributed by atoms with E-state index in [4.69, 9.17) is 16.3 Å². The number of aliphatic hydroxyl groups is 1. The van der Waals surface area contributed by atoms with Crippen LogP contribution in [0.1, 0.15) is 37.8 Å². The molecule has 8 heteroatoms. The van der Waals surface area contributed by atoms with Gasteiger partial charge in [-0.15, -0.1) is 0 Å². The van der Waals surface area contributed by atoms with Gasteiger partial charge in [-0.1, -0.05) is 25.4 Å². The zero-order valence-electron chi connectivity index (χ0n) is 16.6. The van der Waals surface area contributed by atoms with Crippen LogP contribution in [0.15, 0.2) is 42.7 Å². The average molecular weight is 439 g/mol. The van der Waals surface area contributed by atoms with E-state index < -0.39 is 23.7 Å². The van der Waals surface area contributed by atoms with Gasteiger partial charge in [-0.05, 0) is 42.3 Å². The normalized spacial score (nSPS) is 18.0. The molecule has 160 valence electrons. The lowest BCUT2D eigenvalue weighted by Crippen LogP contribution is -2.51. The van der Waals surface area contributed by atoms with Crippen molar-refractivity contribution in [1.29, 1.82) is 0 Å². The van der Waals surface area contributed by atoms with Crippen LogP contribution in [0.3, 0.4) is 0 Å². The Bertz CT molecular complexity index is 1100. The average Bonchev–Trinajstić information content (AvgIpc) is 3.33. The van der Waals surface area contributed by atoms with Gasteiger partial charge in [0.25, 0.3) is 0 Å². The molecule has 4 nitrogen and oxygen atoms in total. The molecule has 0 radical (unpaired) electrons. The largest absolute Gasteiger partial charge is 0.493 e. The van der Waals surface area contributed by atoms with Crippen molar-refractivity contribution in [3.05, 3.63) is 58.9 Å². The van der Waals surface area contributed by atoms with Crippen molar-refractivity contribution in [2.24, 2.45) is 0 Å². The first-order valence-corrected chi connectivity index (χ1v) is 10.1. The van der Waals surface area contributed by atoms with Gasteiger partial charge in [0.1, 0.15) is 5.75 Å². The lowest BCUT2D eigenvalue weighted by atomic mass is 9.73. The van der Waals surface area contributed by atoms with Crippen LogP contribution in [-0.2, 0) is 17.6 Å². The lowest BCUT2D eigenvalue weighted by Gasteiger charge is -2.41. The number of nitrogens with zero attached hydrogens (tertiary/aromatic N) is 2. The Morgan fingerprint density at radius 2 is 2.03 bits per heavy atom. The van der Waals surface area contributed by atoms with E-state index in [-0.39, 0.29) is 5.52 Å². The summed E-state index contributed by atoms with van der Waals surface area (Å²) in [5.74, 6) is 0.576. The summed E-state index contributed by atoms with van der Waals surface area (Å²) in [5, 5.41) is 11.6. The van der Waals surface area contributed by atoms with Crippen LogP contribution in [0.4, 0.5) is 13.2 Å². The highest BCUT2D eigenvalue weighted by molar-refractivity contribution is 6.30. The Morgan fingerprint density at radius 3 is 2.73 bits per heavy atom. The molecule has 2 aromatic heterocycles. The molecule has 0 amide bonds. The molecule has 3 aromatic rings. The van der Waals surface area contributed by atoms with Crippen LogP contribution >= 0.6 is 11.6 Å². The third-order valence-corrected chi connectivity index (χ3v) is 6.34. The molecule has 4 rings (SSSR count). The van der Waals surface area contributed by atoms with Crippen molar-refractivity contribution in [1.82, 2.24) is 9.55 Å². The number of benzene rings is 1. The topological polar surface area (TPSA) is 47.3 Å². The van der Waals surface area contributed by atoms with Crippen LogP contribution in [0, 0.1) is 0 Å². The molecular weight excluding hydrogens is 417 g/mol. The van der Waals surface area contributed by atoms with Crippen LogP contribution in [0.5, 0.6) is 5.75 Å². The minimum atomic E-state index is -4.92. The Hall–Kier alpha value is -2.25. The molecule has 1 aliphatic heterocycles. The second-order valence-electron chi connectivity index (χ2n) is 8.04. The molecule has 1 aromatic carbocycles. The Morgan fingerprint density at radius 1 is 1.27 bits per heavy atom. The number of pyridine rings is 1. The van der Waals surface area contributed by atoms with Crippen molar-refractivity contribution in [2.75, 3.05) is 6.61 Å². The summed E-state index contributed by atoms with van der Waals surface area (Å²) < 4.78 is 49.8. The van der Waals surface area contributed by atoms with Crippen LogP contribution in [-0.4, -0.2) is 27.4 Å². The van der Waals surface area contributed by atoms with Crippen molar-refractivity contribution in [2.45, 2.75) is 50.4 Å². The molecule has 0 saturated heterocycles. The second-order valence-corrected chi connectivity index (χ2v) is 8.48. The van der Waals surface area contributed by atoms with E-state index in [1.54, 1.807) is 32.0 Å². The maximum absolute atomic E-state index is 14.4. The molecule has 0 aliphatic carbocycles. The minimum Gasteiger partial charge on any atom is -0.493 e. The molecule has 1 aliphatic rings. The van der Waals surface area contributed by atoms with Gasteiger partial charge in [0.05, 0.1) is 17.6 Å². The smallest absolute Gasteiger partial charge is 0.436 e. The molecule has 0 bridgehead atoms. The fraction of sp³-hybridized carbons (Fsp3) is 0.409. The summed E-state index contributed by atoms with van der Waals surface area (Å²) in [5.41, 5.74) is -2.14. The Labute approximate surface area is 177 Å². The molecule has 30 heavy (non-hydrogen) atoms. The van der Waals surface area contributed by atoms with Crippen molar-refractivity contribution < 1.29 is 23.0 Å². The summed E-state index contributed by atoms with van der Waals surface area (Å²) in [6.45, 7) is 3.97. The van der Waals surface area contributed by atoms with E-state index in [2.05, 4.69) is 4.98 Å². The highest BCUT2D eigenvalue weighted by Gasteiger charge is 2.58. The van der Waals surface area contributed by atoms with E-state index in [1.165, 1.54) is 24.5 Å². The van der Waals surface area contributed by atoms with Gasteiger partial charge in [-0.25, -0.2) is 0 Å². The maximum atomic E-state index is 14.4. The molecule has 3 heterocycles. The number of fused-ring (bicyclic) bond motifs is 2. The quantitative estimate of drug-likeness (QED) is 0.565. The summed E-state index contributed by atoms with van der Waals surface area (Å²) in [7, 11) is 0. The summed E-state index contributed by atoms with van der Waals surface area (Å²) in [6.07, 6.45) is -1.79. The minimum absolute atomic E-state index is 0.211. The van der Waals surface area contributed by atoms with Crippen molar-refractivity contribution >= 4 is 22.6 Å². The van der Waals surface area contributed by atoms with Crippen molar-refractivity contribution in [3.8, 4) is 5.75 Å². The van der Waals surface area contributed by atoms with Crippen LogP contribution in [0.25, 0.3) is 11.0 Å². The Balaban J connectivity index is 1.88. The summed E-state index contributed by atoms with van der Waals surface area (Å²) in [6, 6.07) is 7.97. The fourth-order valence-corrected chi connectivity index (χ4v) is 4.52. The fourth-order valence-electron chi connectivity index (χ4n) is 4.28. The predicted molar refractivity (Wildman–Crippen MR) is 109 cm³/mol. The van der Waals surface area contributed by atoms with E-state index in [0.717, 1.165) is 10.1 Å². The first-order chi connectivity index (χ1) is 14.1. The number of ether oxygens (including phenoxy) is 1. The zero-order chi connectivity index (χ0) is 21.7. The molecule has 0 spiro atoms. The molecule has 2 unspecified atom stereocenters. The lowest BCUT2D eigenvalue weighted by molar-refractivity contribution is -0.305. The van der Waals surface area contributed by atoms with Crippen molar-refractivity contribution in [3.63, 3.8) is 0 Å². The predicted octanol–water partition coefficient (Wildman–Crippen LogP) is 5.59. The van der Waals surface area contributed by atoms with Gasteiger partial charge in [-0.2, -0.15) is 13.2 Å². The highest BCUT2D eigenvalue weighted by atomic mass is 35.5. The number of rotatable bonds is 5. The summed E-state index contributed by atoms with van der Waals surface area (Å²) in [4.78, 5) is 4.09. The zero-order valence-corrected chi connectivity index (χ0v) is 17.4. The van der Waals surface area contributed by atoms with Gasteiger partial charge in [0.2, 0.25) is 5.72 Å². The van der Waals surface area contributed by atoms with E-state index >= 15 is 0 Å². The third kappa shape index (κ3) is 3.24. The summed E-state index contributed by atoms with van der Waals surface area (Å²) >= 11 is 6.28. The number of aromatic nitrogens is 2. The standard InChI is InChI=1S/C22H22ClF3N2O2/c1-3-20(2,16-12-15(23)11-14-7-10-30-19(14)16)13-21(29,22(24,25)26)28-9-6-17-18(28)5-4-8-27-17/h4-6,8-9,11-12,29H,3,7,10,13H2,1-2H3. The number of alkyl halides is 3. The monoisotopic (exact) mass is 438 g/mol. The van der Waals surface area contributed by atoms with Gasteiger partial charge in [0, 0.05) is 41.2 Å². The van der Waals surface area contributed by atoms with Crippen LogP contribution < -0.4 is 4.74 Å². The second kappa shape index (κ2) is 7.17.